The predicted octanol–water partition coefficient (Wildman–Crippen LogP) is 4.25. The first kappa shape index (κ1) is 28.8. The molecule has 11 nitrogen and oxygen atoms in total. The van der Waals surface area contributed by atoms with E-state index in [1.54, 1.807) is 13.0 Å². The van der Waals surface area contributed by atoms with E-state index in [2.05, 4.69) is 20.9 Å². The Labute approximate surface area is 235 Å². The molecule has 0 aliphatic rings. The van der Waals surface area contributed by atoms with Gasteiger partial charge in [-0.2, -0.15) is 4.98 Å². The van der Waals surface area contributed by atoms with Crippen LogP contribution in [0.3, 0.4) is 0 Å². The highest BCUT2D eigenvalue weighted by molar-refractivity contribution is 5.98. The lowest BCUT2D eigenvalue weighted by molar-refractivity contribution is -0.137. The third-order valence-electron chi connectivity index (χ3n) is 6.15. The number of alkyl carbamates (subject to hydrolysis) is 1. The van der Waals surface area contributed by atoms with Crippen LogP contribution in [-0.4, -0.2) is 40.6 Å². The van der Waals surface area contributed by atoms with Crippen LogP contribution in [0, 0.1) is 6.92 Å². The fourth-order valence-electron chi connectivity index (χ4n) is 4.17. The second kappa shape index (κ2) is 13.7. The number of amides is 2. The van der Waals surface area contributed by atoms with Crippen LogP contribution in [0.5, 0.6) is 0 Å². The van der Waals surface area contributed by atoms with Crippen molar-refractivity contribution in [2.75, 3.05) is 17.2 Å². The molecule has 0 saturated heterocycles. The number of hydrogen-bond acceptors (Lipinski definition) is 8. The number of carboxylic acid groups (broad SMARTS) is 1. The van der Waals surface area contributed by atoms with Crippen molar-refractivity contribution < 1.29 is 28.6 Å². The summed E-state index contributed by atoms with van der Waals surface area (Å²) < 4.78 is 10.6. The number of benzene rings is 3. The third-order valence-corrected chi connectivity index (χ3v) is 6.15. The Morgan fingerprint density at radius 3 is 2.37 bits per heavy atom. The van der Waals surface area contributed by atoms with Gasteiger partial charge >= 0.3 is 17.7 Å². The number of carbonyl (C=O) groups is 3. The van der Waals surface area contributed by atoms with Gasteiger partial charge in [-0.1, -0.05) is 60.7 Å². The molecule has 0 fully saturated rings. The van der Waals surface area contributed by atoms with Crippen molar-refractivity contribution in [1.82, 2.24) is 10.3 Å². The van der Waals surface area contributed by atoms with Crippen molar-refractivity contribution in [2.45, 2.75) is 38.8 Å². The quantitative estimate of drug-likeness (QED) is 0.186. The Morgan fingerprint density at radius 1 is 1.00 bits per heavy atom. The van der Waals surface area contributed by atoms with Gasteiger partial charge in [0.2, 0.25) is 5.91 Å². The number of hydrogen-bond donors (Lipinski definition) is 4. The van der Waals surface area contributed by atoms with Crippen molar-refractivity contribution in [3.63, 3.8) is 0 Å². The highest BCUT2D eigenvalue weighted by Gasteiger charge is 2.23. The minimum Gasteiger partial charge on any atom is -0.481 e. The number of fused-ring (bicyclic) bond motifs is 1. The molecule has 41 heavy (non-hydrogen) atoms. The molecule has 0 bridgehead atoms. The van der Waals surface area contributed by atoms with E-state index in [-0.39, 0.29) is 42.9 Å². The topological polar surface area (TPSA) is 160 Å². The number of ether oxygens (including phenoxy) is 1. The fourth-order valence-corrected chi connectivity index (χ4v) is 4.17. The van der Waals surface area contributed by atoms with Crippen LogP contribution in [0.25, 0.3) is 10.9 Å². The highest BCUT2D eigenvalue weighted by Crippen LogP contribution is 2.22. The van der Waals surface area contributed by atoms with E-state index < -0.39 is 29.6 Å². The second-order valence-electron chi connectivity index (χ2n) is 9.36. The molecule has 1 heterocycles. The summed E-state index contributed by atoms with van der Waals surface area (Å²) in [5.74, 6) is -1.42. The summed E-state index contributed by atoms with van der Waals surface area (Å²) in [6.07, 6.45) is -0.251. The molecule has 0 aliphatic carbocycles. The summed E-state index contributed by atoms with van der Waals surface area (Å²) in [5.41, 5.74) is 2.22. The van der Waals surface area contributed by atoms with Crippen molar-refractivity contribution in [3.8, 4) is 0 Å². The number of nitrogens with one attached hydrogen (secondary N) is 3. The van der Waals surface area contributed by atoms with Crippen molar-refractivity contribution in [2.24, 2.45) is 0 Å². The number of carbonyl (C=O) groups excluding carboxylic acids is 2. The standard InChI is InChI=1S/C30H30N4O7/c1-19-15-22(17-23-26(19)28(38)41-29(33-23)31-14-8-13-25(35)36)32-27(37)24(16-20-9-4-2-5-10-20)34-30(39)40-18-21-11-6-3-7-12-21/h2-7,9-12,15,17,24H,8,13-14,16,18H2,1H3,(H,31,33)(H,32,37)(H,34,39)(H,35,36)/t24-/m0/s1. The van der Waals surface area contributed by atoms with Gasteiger partial charge in [-0.25, -0.2) is 9.59 Å². The Bertz CT molecular complexity index is 1570. The minimum atomic E-state index is -0.961. The van der Waals surface area contributed by atoms with Gasteiger partial charge in [0.1, 0.15) is 12.6 Å². The van der Waals surface area contributed by atoms with E-state index >= 15 is 0 Å². The summed E-state index contributed by atoms with van der Waals surface area (Å²) in [6.45, 7) is 1.99. The zero-order chi connectivity index (χ0) is 29.2. The molecule has 212 valence electrons. The third kappa shape index (κ3) is 8.40. The van der Waals surface area contributed by atoms with Crippen LogP contribution in [0.2, 0.25) is 0 Å². The van der Waals surface area contributed by atoms with Gasteiger partial charge in [-0.3, -0.25) is 9.59 Å². The van der Waals surface area contributed by atoms with Gasteiger partial charge in [-0.15, -0.1) is 0 Å². The molecular weight excluding hydrogens is 528 g/mol. The molecule has 4 rings (SSSR count). The minimum absolute atomic E-state index is 0.0436. The fraction of sp³-hybridized carbons (Fsp3) is 0.233. The van der Waals surface area contributed by atoms with Gasteiger partial charge in [-0.05, 0) is 42.2 Å². The van der Waals surface area contributed by atoms with E-state index in [0.717, 1.165) is 11.1 Å². The van der Waals surface area contributed by atoms with Crippen molar-refractivity contribution in [3.05, 3.63) is 99.9 Å². The lowest BCUT2D eigenvalue weighted by Crippen LogP contribution is -2.45. The molecular formula is C30H30N4O7. The van der Waals surface area contributed by atoms with Crippen LogP contribution in [-0.2, 0) is 27.4 Å². The smallest absolute Gasteiger partial charge is 0.408 e. The SMILES string of the molecule is Cc1cc(NC(=O)[C@H](Cc2ccccc2)NC(=O)OCc2ccccc2)cc2nc(NCCCC(=O)O)oc(=O)c12. The van der Waals surface area contributed by atoms with E-state index in [1.165, 1.54) is 6.07 Å². The molecule has 0 saturated carbocycles. The molecule has 3 aromatic carbocycles. The average Bonchev–Trinajstić information content (AvgIpc) is 2.94. The highest BCUT2D eigenvalue weighted by atomic mass is 16.5. The summed E-state index contributed by atoms with van der Waals surface area (Å²) in [6, 6.07) is 20.6. The van der Waals surface area contributed by atoms with Crippen LogP contribution in [0.4, 0.5) is 16.5 Å². The van der Waals surface area contributed by atoms with Gasteiger partial charge < -0.3 is 30.2 Å². The van der Waals surface area contributed by atoms with Crippen molar-refractivity contribution >= 4 is 40.6 Å². The molecule has 1 atom stereocenters. The zero-order valence-electron chi connectivity index (χ0n) is 22.4. The number of aryl methyl sites for hydroxylation is 1. The molecule has 0 spiro atoms. The molecule has 0 unspecified atom stereocenters. The normalized spacial score (nSPS) is 11.4. The molecule has 1 aromatic heterocycles. The van der Waals surface area contributed by atoms with E-state index in [0.29, 0.717) is 17.7 Å². The molecule has 11 heteroatoms. The largest absolute Gasteiger partial charge is 0.481 e. The summed E-state index contributed by atoms with van der Waals surface area (Å²) >= 11 is 0. The summed E-state index contributed by atoms with van der Waals surface area (Å²) in [7, 11) is 0. The van der Waals surface area contributed by atoms with E-state index in [9.17, 15) is 19.2 Å². The summed E-state index contributed by atoms with van der Waals surface area (Å²) in [5, 5.41) is 17.3. The van der Waals surface area contributed by atoms with Gasteiger partial charge in [0.05, 0.1) is 10.9 Å². The first-order chi connectivity index (χ1) is 19.8. The van der Waals surface area contributed by atoms with Crippen LogP contribution in [0.15, 0.2) is 82.0 Å². The molecule has 0 radical (unpaired) electrons. The van der Waals surface area contributed by atoms with E-state index in [1.807, 2.05) is 60.7 Å². The van der Waals surface area contributed by atoms with Gasteiger partial charge in [0.15, 0.2) is 0 Å². The lowest BCUT2D eigenvalue weighted by Gasteiger charge is -2.19. The van der Waals surface area contributed by atoms with Crippen LogP contribution in [0.1, 0.15) is 29.5 Å². The Kier molecular flexibility index (Phi) is 9.66. The number of nitrogens with zero attached hydrogens (tertiary/aromatic N) is 1. The predicted molar refractivity (Wildman–Crippen MR) is 153 cm³/mol. The summed E-state index contributed by atoms with van der Waals surface area (Å²) in [4.78, 5) is 53.7. The van der Waals surface area contributed by atoms with Crippen LogP contribution >= 0.6 is 0 Å². The molecule has 0 aliphatic heterocycles. The maximum atomic E-state index is 13.4. The van der Waals surface area contributed by atoms with Crippen LogP contribution < -0.4 is 21.6 Å². The maximum Gasteiger partial charge on any atom is 0.408 e. The first-order valence-corrected chi connectivity index (χ1v) is 13.0. The van der Waals surface area contributed by atoms with Gasteiger partial charge in [0, 0.05) is 25.1 Å². The monoisotopic (exact) mass is 558 g/mol. The number of aliphatic carboxylic acids is 1. The van der Waals surface area contributed by atoms with E-state index in [4.69, 9.17) is 14.3 Å². The lowest BCUT2D eigenvalue weighted by atomic mass is 10.0. The van der Waals surface area contributed by atoms with Crippen molar-refractivity contribution in [1.29, 1.82) is 0 Å². The number of rotatable bonds is 12. The first-order valence-electron chi connectivity index (χ1n) is 13.0. The Balaban J connectivity index is 1.50. The molecule has 4 aromatic rings. The second-order valence-corrected chi connectivity index (χ2v) is 9.36. The number of anilines is 2. The number of carboxylic acids is 1. The van der Waals surface area contributed by atoms with Gasteiger partial charge in [0.25, 0.3) is 6.01 Å². The number of aromatic nitrogens is 1. The molecule has 4 N–H and O–H groups in total. The molecule has 2 amide bonds. The Hall–Kier alpha value is -5.19. The Morgan fingerprint density at radius 2 is 1.68 bits per heavy atom. The zero-order valence-corrected chi connectivity index (χ0v) is 22.4. The average molecular weight is 559 g/mol. The maximum absolute atomic E-state index is 13.4.